The van der Waals surface area contributed by atoms with Gasteiger partial charge in [0.05, 0.1) is 6.67 Å². The molecule has 0 saturated carbocycles. The third-order valence-electron chi connectivity index (χ3n) is 1.24. The summed E-state index contributed by atoms with van der Waals surface area (Å²) >= 11 is 10.8. The molecule has 0 fully saturated rings. The molecule has 0 aliphatic carbocycles. The zero-order valence-electron chi connectivity index (χ0n) is 6.13. The Morgan fingerprint density at radius 3 is 2.30 bits per heavy atom. The monoisotopic (exact) mass is 184 g/mol. The van der Waals surface area contributed by atoms with Crippen molar-refractivity contribution in [1.29, 1.82) is 0 Å². The molecule has 0 aliphatic rings. The maximum absolute atomic E-state index is 11.8. The minimum Gasteiger partial charge on any atom is -0.251 e. The summed E-state index contributed by atoms with van der Waals surface area (Å²) < 4.78 is 12.0. The van der Waals surface area contributed by atoms with E-state index in [1.54, 1.807) is 6.08 Å². The number of alkyl halides is 1. The van der Waals surface area contributed by atoms with Gasteiger partial charge in [-0.2, -0.15) is 0 Å². The molecule has 0 spiro atoms. The lowest BCUT2D eigenvalue weighted by molar-refractivity contribution is 0.353. The summed E-state index contributed by atoms with van der Waals surface area (Å²) in [6.45, 7) is 3.43. The van der Waals surface area contributed by atoms with Crippen LogP contribution >= 0.6 is 23.2 Å². The van der Waals surface area contributed by atoms with Crippen molar-refractivity contribution in [1.82, 2.24) is 0 Å². The summed E-state index contributed by atoms with van der Waals surface area (Å²) in [4.78, 5) is 0. The smallest absolute Gasteiger partial charge is 0.103 e. The van der Waals surface area contributed by atoms with Crippen LogP contribution in [0.25, 0.3) is 0 Å². The van der Waals surface area contributed by atoms with E-state index in [1.807, 2.05) is 13.8 Å². The first-order chi connectivity index (χ1) is 4.48. The maximum Gasteiger partial charge on any atom is 0.103 e. The van der Waals surface area contributed by atoms with Crippen molar-refractivity contribution < 1.29 is 4.39 Å². The molecule has 0 rings (SSSR count). The fourth-order valence-electron chi connectivity index (χ4n) is 0.611. The number of hydrogen-bond acceptors (Lipinski definition) is 0. The topological polar surface area (TPSA) is 0 Å². The standard InChI is InChI=1S/C7H11Cl2F/c1-7(2,3-4-10)5-6(8)9/h5H,3-4H2,1-2H3. The first-order valence-corrected chi connectivity index (χ1v) is 3.83. The summed E-state index contributed by atoms with van der Waals surface area (Å²) in [5.74, 6) is 0. The molecule has 0 bridgehead atoms. The summed E-state index contributed by atoms with van der Waals surface area (Å²) in [5, 5.41) is 0. The molecule has 0 aromatic rings. The lowest BCUT2D eigenvalue weighted by atomic mass is 9.90. The highest BCUT2D eigenvalue weighted by Crippen LogP contribution is 2.26. The number of rotatable bonds is 3. The molecule has 0 N–H and O–H groups in total. The molecule has 0 aromatic heterocycles. The molecule has 0 radical (unpaired) electrons. The fraction of sp³-hybridized carbons (Fsp3) is 0.714. The maximum atomic E-state index is 11.8. The van der Waals surface area contributed by atoms with E-state index in [-0.39, 0.29) is 16.6 Å². The second kappa shape index (κ2) is 4.20. The van der Waals surface area contributed by atoms with Crippen molar-refractivity contribution >= 4 is 23.2 Å². The van der Waals surface area contributed by atoms with Crippen molar-refractivity contribution in [2.45, 2.75) is 20.3 Å². The Balaban J connectivity index is 3.98. The van der Waals surface area contributed by atoms with E-state index >= 15 is 0 Å². The molecule has 60 valence electrons. The van der Waals surface area contributed by atoms with Gasteiger partial charge < -0.3 is 0 Å². The summed E-state index contributed by atoms with van der Waals surface area (Å²) in [6, 6.07) is 0. The van der Waals surface area contributed by atoms with E-state index in [0.717, 1.165) is 0 Å². The Kier molecular flexibility index (Phi) is 4.30. The zero-order valence-corrected chi connectivity index (χ0v) is 7.64. The van der Waals surface area contributed by atoms with Crippen molar-refractivity contribution in [3.05, 3.63) is 10.6 Å². The average Bonchev–Trinajstić information content (AvgIpc) is 1.59. The summed E-state index contributed by atoms with van der Waals surface area (Å²) in [7, 11) is 0. The van der Waals surface area contributed by atoms with Crippen LogP contribution in [-0.2, 0) is 0 Å². The predicted molar refractivity (Wildman–Crippen MR) is 44.2 cm³/mol. The molecule has 0 atom stereocenters. The Morgan fingerprint density at radius 2 is 2.00 bits per heavy atom. The highest BCUT2D eigenvalue weighted by atomic mass is 35.5. The lowest BCUT2D eigenvalue weighted by Gasteiger charge is -2.17. The van der Waals surface area contributed by atoms with E-state index < -0.39 is 0 Å². The van der Waals surface area contributed by atoms with Gasteiger partial charge in [0, 0.05) is 0 Å². The molecular weight excluding hydrogens is 174 g/mol. The van der Waals surface area contributed by atoms with Gasteiger partial charge in [-0.3, -0.25) is 4.39 Å². The number of halogens is 3. The van der Waals surface area contributed by atoms with Crippen LogP contribution in [0.2, 0.25) is 0 Å². The summed E-state index contributed by atoms with van der Waals surface area (Å²) in [5.41, 5.74) is -0.229. The average molecular weight is 185 g/mol. The van der Waals surface area contributed by atoms with E-state index in [1.165, 1.54) is 0 Å². The molecule has 0 heterocycles. The quantitative estimate of drug-likeness (QED) is 0.628. The second-order valence-electron chi connectivity index (χ2n) is 2.86. The van der Waals surface area contributed by atoms with E-state index in [0.29, 0.717) is 6.42 Å². The van der Waals surface area contributed by atoms with Gasteiger partial charge in [0.2, 0.25) is 0 Å². The van der Waals surface area contributed by atoms with Gasteiger partial charge >= 0.3 is 0 Å². The second-order valence-corrected chi connectivity index (χ2v) is 3.87. The lowest BCUT2D eigenvalue weighted by Crippen LogP contribution is -2.07. The molecule has 0 amide bonds. The SMILES string of the molecule is CC(C)(C=C(Cl)Cl)CCF. The van der Waals surface area contributed by atoms with E-state index in [9.17, 15) is 4.39 Å². The van der Waals surface area contributed by atoms with Gasteiger partial charge in [-0.15, -0.1) is 0 Å². The minimum atomic E-state index is -0.343. The largest absolute Gasteiger partial charge is 0.251 e. The molecule has 0 saturated heterocycles. The van der Waals surface area contributed by atoms with Crippen LogP contribution in [0.4, 0.5) is 4.39 Å². The first-order valence-electron chi connectivity index (χ1n) is 3.08. The Bertz CT molecular complexity index is 126. The van der Waals surface area contributed by atoms with Crippen LogP contribution in [0.3, 0.4) is 0 Å². The van der Waals surface area contributed by atoms with Gasteiger partial charge in [0.1, 0.15) is 4.49 Å². The van der Waals surface area contributed by atoms with Gasteiger partial charge in [-0.1, -0.05) is 37.0 Å². The Hall–Kier alpha value is 0.250. The third kappa shape index (κ3) is 5.07. The van der Waals surface area contributed by atoms with Gasteiger partial charge in [0.25, 0.3) is 0 Å². The first kappa shape index (κ1) is 10.2. The molecule has 3 heteroatoms. The molecule has 0 aliphatic heterocycles. The van der Waals surface area contributed by atoms with Gasteiger partial charge in [-0.05, 0) is 17.9 Å². The van der Waals surface area contributed by atoms with Crippen LogP contribution in [0, 0.1) is 5.41 Å². The van der Waals surface area contributed by atoms with Gasteiger partial charge in [0.15, 0.2) is 0 Å². The third-order valence-corrected chi connectivity index (χ3v) is 1.46. The Labute approximate surface area is 71.0 Å². The van der Waals surface area contributed by atoms with Crippen molar-refractivity contribution in [3.8, 4) is 0 Å². The predicted octanol–water partition coefficient (Wildman–Crippen LogP) is 3.69. The zero-order chi connectivity index (χ0) is 8.20. The van der Waals surface area contributed by atoms with E-state index in [2.05, 4.69) is 0 Å². The Morgan fingerprint density at radius 1 is 1.50 bits per heavy atom. The highest BCUT2D eigenvalue weighted by Gasteiger charge is 2.14. The molecular formula is C7H11Cl2F. The van der Waals surface area contributed by atoms with Crippen molar-refractivity contribution in [2.75, 3.05) is 6.67 Å². The molecule has 0 nitrogen and oxygen atoms in total. The van der Waals surface area contributed by atoms with Crippen LogP contribution in [0.5, 0.6) is 0 Å². The van der Waals surface area contributed by atoms with Crippen molar-refractivity contribution in [3.63, 3.8) is 0 Å². The number of allylic oxidation sites excluding steroid dienone is 1. The van der Waals surface area contributed by atoms with Crippen LogP contribution in [0.15, 0.2) is 10.6 Å². The normalized spacial score (nSPS) is 11.3. The van der Waals surface area contributed by atoms with Crippen LogP contribution in [-0.4, -0.2) is 6.67 Å². The van der Waals surface area contributed by atoms with Gasteiger partial charge in [-0.25, -0.2) is 0 Å². The molecule has 10 heavy (non-hydrogen) atoms. The molecule has 0 unspecified atom stereocenters. The van der Waals surface area contributed by atoms with Crippen LogP contribution in [0.1, 0.15) is 20.3 Å². The fourth-order valence-corrected chi connectivity index (χ4v) is 1.20. The molecule has 0 aromatic carbocycles. The summed E-state index contributed by atoms with van der Waals surface area (Å²) in [6.07, 6.45) is 2.10. The van der Waals surface area contributed by atoms with E-state index in [4.69, 9.17) is 23.2 Å². The minimum absolute atomic E-state index is 0.207. The number of hydrogen-bond donors (Lipinski definition) is 0. The van der Waals surface area contributed by atoms with Crippen LogP contribution < -0.4 is 0 Å². The highest BCUT2D eigenvalue weighted by molar-refractivity contribution is 6.55. The van der Waals surface area contributed by atoms with Crippen molar-refractivity contribution in [2.24, 2.45) is 5.41 Å².